The summed E-state index contributed by atoms with van der Waals surface area (Å²) in [5, 5.41) is 32.8. The lowest BCUT2D eigenvalue weighted by molar-refractivity contribution is -0.134. The molecule has 9 nitrogen and oxygen atoms in total. The van der Waals surface area contributed by atoms with E-state index >= 15 is 0 Å². The Labute approximate surface area is 215 Å². The topological polar surface area (TPSA) is 158 Å². The molecule has 3 rings (SSSR count). The molecule has 0 amide bonds. The van der Waals surface area contributed by atoms with Gasteiger partial charge in [-0.2, -0.15) is 10.5 Å². The number of methoxy groups -OCH3 is 1. The van der Waals surface area contributed by atoms with Crippen LogP contribution in [0.3, 0.4) is 0 Å². The average Bonchev–Trinajstić information content (AvgIpc) is 2.90. The van der Waals surface area contributed by atoms with Gasteiger partial charge in [-0.05, 0) is 30.3 Å². The molecule has 3 aromatic carbocycles. The Morgan fingerprint density at radius 2 is 1.57 bits per heavy atom. The number of aliphatic carboxylic acids is 2. The van der Waals surface area contributed by atoms with Gasteiger partial charge in [-0.1, -0.05) is 35.9 Å². The normalized spacial score (nSPS) is 9.32. The van der Waals surface area contributed by atoms with E-state index in [4.69, 9.17) is 41.8 Å². The van der Waals surface area contributed by atoms with Gasteiger partial charge in [-0.15, -0.1) is 0 Å². The minimum absolute atomic E-state index is 0.0181. The molecule has 0 unspecified atom stereocenters. The van der Waals surface area contributed by atoms with Crippen molar-refractivity contribution in [3.8, 4) is 29.4 Å². The molecule has 0 bridgehead atoms. The SMILES string of the molecule is COc1c(C=O)cccc1Oc1cc(Cl)c(F)cc1C#N.N#Cc1ccccc1.O=C(O)/C=C/C(=O)O. The number of halogens is 2. The summed E-state index contributed by atoms with van der Waals surface area (Å²) in [4.78, 5) is 30.1. The van der Waals surface area contributed by atoms with E-state index in [2.05, 4.69) is 0 Å². The van der Waals surface area contributed by atoms with Gasteiger partial charge < -0.3 is 19.7 Å². The number of hydrogen-bond acceptors (Lipinski definition) is 7. The molecule has 0 saturated heterocycles. The number of hydrogen-bond donors (Lipinski definition) is 2. The van der Waals surface area contributed by atoms with Gasteiger partial charge in [0.1, 0.15) is 17.6 Å². The van der Waals surface area contributed by atoms with Crippen LogP contribution in [-0.2, 0) is 9.59 Å². The predicted octanol–water partition coefficient (Wildman–Crippen LogP) is 5.23. The number of carbonyl (C=O) groups excluding carboxylic acids is 1. The summed E-state index contributed by atoms with van der Waals surface area (Å²) in [7, 11) is 1.39. The third-order valence-electron chi connectivity index (χ3n) is 3.97. The van der Waals surface area contributed by atoms with Crippen molar-refractivity contribution in [3.05, 3.63) is 100 Å². The molecule has 0 heterocycles. The maximum atomic E-state index is 13.3. The Morgan fingerprint density at radius 3 is 2.03 bits per heavy atom. The molecule has 37 heavy (non-hydrogen) atoms. The van der Waals surface area contributed by atoms with Gasteiger partial charge in [0.2, 0.25) is 0 Å². The third-order valence-corrected chi connectivity index (χ3v) is 4.26. The molecular weight excluding hydrogens is 507 g/mol. The fraction of sp³-hybridized carbons (Fsp3) is 0.0385. The second-order valence-corrected chi connectivity index (χ2v) is 6.87. The number of carboxylic acids is 2. The van der Waals surface area contributed by atoms with Gasteiger partial charge in [0.15, 0.2) is 17.8 Å². The predicted molar refractivity (Wildman–Crippen MR) is 130 cm³/mol. The number of ether oxygens (including phenoxy) is 2. The lowest BCUT2D eigenvalue weighted by Gasteiger charge is -2.13. The summed E-state index contributed by atoms with van der Waals surface area (Å²) >= 11 is 5.69. The minimum atomic E-state index is -1.26. The first-order valence-electron chi connectivity index (χ1n) is 9.95. The first kappa shape index (κ1) is 29.8. The van der Waals surface area contributed by atoms with Gasteiger partial charge in [0, 0.05) is 18.2 Å². The van der Waals surface area contributed by atoms with Crippen LogP contribution in [0.2, 0.25) is 5.02 Å². The summed E-state index contributed by atoms with van der Waals surface area (Å²) in [5.74, 6) is -2.71. The smallest absolute Gasteiger partial charge is 0.328 e. The monoisotopic (exact) mass is 524 g/mol. The van der Waals surface area contributed by atoms with Crippen LogP contribution in [0, 0.1) is 28.5 Å². The fourth-order valence-corrected chi connectivity index (χ4v) is 2.55. The third kappa shape index (κ3) is 10.3. The number of nitriles is 2. The molecule has 11 heteroatoms. The average molecular weight is 525 g/mol. The van der Waals surface area contributed by atoms with Crippen LogP contribution in [0.4, 0.5) is 4.39 Å². The van der Waals surface area contributed by atoms with E-state index in [1.54, 1.807) is 30.3 Å². The van der Waals surface area contributed by atoms with E-state index in [0.717, 1.165) is 6.07 Å². The number of para-hydroxylation sites is 1. The Bertz CT molecular complexity index is 1350. The molecule has 0 aromatic heterocycles. The largest absolute Gasteiger partial charge is 0.492 e. The second-order valence-electron chi connectivity index (χ2n) is 6.46. The van der Waals surface area contributed by atoms with Crippen molar-refractivity contribution in [2.75, 3.05) is 7.11 Å². The quantitative estimate of drug-likeness (QED) is 0.325. The molecule has 188 valence electrons. The summed E-state index contributed by atoms with van der Waals surface area (Å²) < 4.78 is 24.0. The number of benzene rings is 3. The van der Waals surface area contributed by atoms with Crippen LogP contribution in [-0.4, -0.2) is 35.5 Å². The van der Waals surface area contributed by atoms with Gasteiger partial charge in [-0.3, -0.25) is 4.79 Å². The lowest BCUT2D eigenvalue weighted by Crippen LogP contribution is -1.96. The Kier molecular flexibility index (Phi) is 12.6. The van der Waals surface area contributed by atoms with E-state index in [9.17, 15) is 18.8 Å². The van der Waals surface area contributed by atoms with Crippen LogP contribution >= 0.6 is 11.6 Å². The summed E-state index contributed by atoms with van der Waals surface area (Å²) in [5.41, 5.74) is 0.990. The highest BCUT2D eigenvalue weighted by Crippen LogP contribution is 2.36. The van der Waals surface area contributed by atoms with Crippen molar-refractivity contribution in [1.82, 2.24) is 0 Å². The zero-order chi connectivity index (χ0) is 27.8. The van der Waals surface area contributed by atoms with E-state index in [1.807, 2.05) is 30.3 Å². The Balaban J connectivity index is 0.000000350. The van der Waals surface area contributed by atoms with E-state index in [1.165, 1.54) is 13.2 Å². The van der Waals surface area contributed by atoms with Crippen molar-refractivity contribution in [2.45, 2.75) is 0 Å². The molecule has 0 radical (unpaired) electrons. The molecule has 0 spiro atoms. The lowest BCUT2D eigenvalue weighted by atomic mass is 10.2. The molecular formula is C26H18ClFN2O7. The summed E-state index contributed by atoms with van der Waals surface area (Å²) in [6.07, 6.45) is 1.74. The van der Waals surface area contributed by atoms with Crippen LogP contribution in [0.5, 0.6) is 17.2 Å². The zero-order valence-corrected chi connectivity index (χ0v) is 19.8. The fourth-order valence-electron chi connectivity index (χ4n) is 2.40. The highest BCUT2D eigenvalue weighted by atomic mass is 35.5. The van der Waals surface area contributed by atoms with Crippen LogP contribution in [0.15, 0.2) is 72.8 Å². The minimum Gasteiger partial charge on any atom is -0.492 e. The Morgan fingerprint density at radius 1 is 0.946 bits per heavy atom. The number of carbonyl (C=O) groups is 3. The number of aldehydes is 1. The van der Waals surface area contributed by atoms with Gasteiger partial charge in [-0.25, -0.2) is 14.0 Å². The van der Waals surface area contributed by atoms with Crippen molar-refractivity contribution < 1.29 is 38.5 Å². The number of rotatable bonds is 6. The first-order chi connectivity index (χ1) is 17.7. The molecule has 0 fully saturated rings. The van der Waals surface area contributed by atoms with Gasteiger partial charge >= 0.3 is 11.9 Å². The van der Waals surface area contributed by atoms with Gasteiger partial charge in [0.05, 0.1) is 34.9 Å². The van der Waals surface area contributed by atoms with Crippen LogP contribution < -0.4 is 9.47 Å². The number of nitrogens with zero attached hydrogens (tertiary/aromatic N) is 2. The van der Waals surface area contributed by atoms with Crippen LogP contribution in [0.1, 0.15) is 21.5 Å². The molecule has 0 aliphatic carbocycles. The van der Waals surface area contributed by atoms with Crippen molar-refractivity contribution >= 4 is 29.8 Å². The van der Waals surface area contributed by atoms with Crippen molar-refractivity contribution in [1.29, 1.82) is 10.5 Å². The van der Waals surface area contributed by atoms with Gasteiger partial charge in [0.25, 0.3) is 0 Å². The highest BCUT2D eigenvalue weighted by molar-refractivity contribution is 6.30. The Hall–Kier alpha value is -5.19. The van der Waals surface area contributed by atoms with Crippen molar-refractivity contribution in [3.63, 3.8) is 0 Å². The highest BCUT2D eigenvalue weighted by Gasteiger charge is 2.15. The second kappa shape index (κ2) is 15.7. The van der Waals surface area contributed by atoms with Crippen molar-refractivity contribution in [2.24, 2.45) is 0 Å². The maximum Gasteiger partial charge on any atom is 0.328 e. The zero-order valence-electron chi connectivity index (χ0n) is 19.1. The van der Waals surface area contributed by atoms with Crippen LogP contribution in [0.25, 0.3) is 0 Å². The van der Waals surface area contributed by atoms with E-state index in [0.29, 0.717) is 29.6 Å². The first-order valence-corrected chi connectivity index (χ1v) is 10.3. The molecule has 0 atom stereocenters. The maximum absolute atomic E-state index is 13.3. The summed E-state index contributed by atoms with van der Waals surface area (Å²) in [6.45, 7) is 0. The molecule has 0 aliphatic heterocycles. The molecule has 0 aliphatic rings. The molecule has 0 saturated carbocycles. The standard InChI is InChI=1S/C15H9ClFNO3.C7H5N.C4H4O4/c1-20-15-9(8-19)3-2-4-13(15)21-14-6-11(16)12(17)5-10(14)7-18;8-6-7-4-2-1-3-5-7;5-3(6)1-2-4(7)8/h2-6,8H,1H3;1-5H;1-2H,(H,5,6)(H,7,8)/b;;2-1+. The van der Waals surface area contributed by atoms with E-state index < -0.39 is 17.8 Å². The van der Waals surface area contributed by atoms with E-state index in [-0.39, 0.29) is 27.8 Å². The summed E-state index contributed by atoms with van der Waals surface area (Å²) in [6, 6.07) is 19.9. The molecule has 3 aromatic rings. The number of carboxylic acid groups (broad SMARTS) is 2. The molecule has 2 N–H and O–H groups in total.